The summed E-state index contributed by atoms with van der Waals surface area (Å²) in [5.41, 5.74) is 10.1. The van der Waals surface area contributed by atoms with Gasteiger partial charge in [-0.05, 0) is 35.6 Å². The Bertz CT molecular complexity index is 594. The third-order valence-electron chi connectivity index (χ3n) is 3.26. The van der Waals surface area contributed by atoms with E-state index in [-0.39, 0.29) is 11.7 Å². The minimum absolute atomic E-state index is 0.258. The van der Waals surface area contributed by atoms with Gasteiger partial charge in [-0.25, -0.2) is 4.39 Å². The van der Waals surface area contributed by atoms with Crippen LogP contribution in [0.4, 0.5) is 10.1 Å². The summed E-state index contributed by atoms with van der Waals surface area (Å²) in [5.74, 6) is 0.0274. The van der Waals surface area contributed by atoms with Gasteiger partial charge in [0.25, 0.3) is 0 Å². The average Bonchev–Trinajstić information content (AvgIpc) is 2.42. The number of rotatable bonds is 2. The zero-order chi connectivity index (χ0) is 15.3. The molecule has 0 aliphatic carbocycles. The molecule has 0 bridgehead atoms. The number of carbonyl (C=O) groups excluding carboxylic acids is 1. The van der Waals surface area contributed by atoms with Gasteiger partial charge in [0.05, 0.1) is 0 Å². The van der Waals surface area contributed by atoms with Gasteiger partial charge in [-0.15, -0.1) is 0 Å². The number of nitrogens with two attached hydrogens (primary N) is 1. The summed E-state index contributed by atoms with van der Waals surface area (Å²) in [6.07, 6.45) is 0. The molecule has 0 fully saturated rings. The van der Waals surface area contributed by atoms with Crippen molar-refractivity contribution in [1.82, 2.24) is 0 Å². The van der Waals surface area contributed by atoms with Crippen LogP contribution in [0.1, 0.15) is 30.9 Å². The Morgan fingerprint density at radius 1 is 1.10 bits per heavy atom. The summed E-state index contributed by atoms with van der Waals surface area (Å²) >= 11 is 0. The van der Waals surface area contributed by atoms with E-state index in [1.54, 1.807) is 6.07 Å². The third-order valence-corrected chi connectivity index (χ3v) is 3.26. The van der Waals surface area contributed by atoms with E-state index in [9.17, 15) is 4.39 Å². The van der Waals surface area contributed by atoms with Gasteiger partial charge in [-0.2, -0.15) is 0 Å². The normalized spacial score (nSPS) is 10.1. The zero-order valence-electron chi connectivity index (χ0n) is 12.1. The molecule has 0 atom stereocenters. The fourth-order valence-electron chi connectivity index (χ4n) is 2.24. The van der Waals surface area contributed by atoms with Crippen molar-refractivity contribution in [3.8, 4) is 11.1 Å². The van der Waals surface area contributed by atoms with Crippen molar-refractivity contribution < 1.29 is 9.18 Å². The Kier molecular flexibility index (Phi) is 5.44. The molecule has 106 valence electrons. The highest BCUT2D eigenvalue weighted by Crippen LogP contribution is 2.36. The first kappa shape index (κ1) is 15.9. The van der Waals surface area contributed by atoms with Crippen molar-refractivity contribution in [2.75, 3.05) is 5.73 Å². The van der Waals surface area contributed by atoms with Gasteiger partial charge in [0, 0.05) is 11.3 Å². The lowest BCUT2D eigenvalue weighted by molar-refractivity contribution is -0.0979. The van der Waals surface area contributed by atoms with Crippen molar-refractivity contribution in [3.05, 3.63) is 53.3 Å². The van der Waals surface area contributed by atoms with Crippen molar-refractivity contribution in [1.29, 1.82) is 0 Å². The summed E-state index contributed by atoms with van der Waals surface area (Å²) in [4.78, 5) is 8.00. The number of benzene rings is 2. The van der Waals surface area contributed by atoms with E-state index in [2.05, 4.69) is 13.8 Å². The average molecular weight is 273 g/mol. The van der Waals surface area contributed by atoms with Crippen molar-refractivity contribution >= 4 is 12.5 Å². The molecule has 0 spiro atoms. The summed E-state index contributed by atoms with van der Waals surface area (Å²) in [6.45, 7) is 8.09. The Labute approximate surface area is 119 Å². The molecule has 0 aliphatic rings. The van der Waals surface area contributed by atoms with E-state index in [1.807, 2.05) is 38.0 Å². The number of halogens is 1. The fraction of sp³-hybridized carbons (Fsp3) is 0.235. The Morgan fingerprint density at radius 3 is 2.25 bits per heavy atom. The first-order valence-corrected chi connectivity index (χ1v) is 6.45. The second-order valence-corrected chi connectivity index (χ2v) is 4.89. The molecule has 0 heterocycles. The minimum Gasteiger partial charge on any atom is -0.398 e. The summed E-state index contributed by atoms with van der Waals surface area (Å²) in [7, 11) is 0. The van der Waals surface area contributed by atoms with Gasteiger partial charge in [0.1, 0.15) is 12.6 Å². The Morgan fingerprint density at radius 2 is 1.70 bits per heavy atom. The predicted molar refractivity (Wildman–Crippen MR) is 82.2 cm³/mol. The second kappa shape index (κ2) is 6.85. The quantitative estimate of drug-likeness (QED) is 0.828. The number of aryl methyl sites for hydroxylation is 1. The third kappa shape index (κ3) is 3.05. The SMILES string of the molecule is C=O.Cc1ccccc1-c1c(F)ccc(C(C)C)c1N. The van der Waals surface area contributed by atoms with E-state index in [4.69, 9.17) is 10.5 Å². The second-order valence-electron chi connectivity index (χ2n) is 4.89. The number of anilines is 1. The number of hydrogen-bond acceptors (Lipinski definition) is 2. The topological polar surface area (TPSA) is 43.1 Å². The highest BCUT2D eigenvalue weighted by Gasteiger charge is 2.15. The molecular formula is C17H20FNO. The summed E-state index contributed by atoms with van der Waals surface area (Å²) in [6, 6.07) is 11.0. The molecule has 0 radical (unpaired) electrons. The predicted octanol–water partition coefficient (Wildman–Crippen LogP) is 4.32. The molecule has 2 aromatic rings. The standard InChI is InChI=1S/C16H18FN.CH2O/c1-10(2)12-8-9-14(17)15(16(12)18)13-7-5-4-6-11(13)3;1-2/h4-10H,18H2,1-3H3;1H2. The van der Waals surface area contributed by atoms with Crippen molar-refractivity contribution in [2.24, 2.45) is 0 Å². The molecular weight excluding hydrogens is 253 g/mol. The zero-order valence-corrected chi connectivity index (χ0v) is 12.1. The smallest absolute Gasteiger partial charge is 0.133 e. The van der Waals surface area contributed by atoms with E-state index in [0.717, 1.165) is 16.7 Å². The number of nitrogen functional groups attached to an aromatic ring is 1. The fourth-order valence-corrected chi connectivity index (χ4v) is 2.24. The molecule has 2 N–H and O–H groups in total. The van der Waals surface area contributed by atoms with Crippen LogP contribution in [0.3, 0.4) is 0 Å². The largest absolute Gasteiger partial charge is 0.398 e. The van der Waals surface area contributed by atoms with Gasteiger partial charge >= 0.3 is 0 Å². The number of hydrogen-bond donors (Lipinski definition) is 1. The van der Waals surface area contributed by atoms with Crippen LogP contribution < -0.4 is 5.73 Å². The van der Waals surface area contributed by atoms with E-state index >= 15 is 0 Å². The van der Waals surface area contributed by atoms with Crippen LogP contribution in [0.5, 0.6) is 0 Å². The first-order chi connectivity index (χ1) is 9.52. The lowest BCUT2D eigenvalue weighted by Crippen LogP contribution is -2.02. The highest BCUT2D eigenvalue weighted by atomic mass is 19.1. The van der Waals surface area contributed by atoms with Crippen LogP contribution in [0, 0.1) is 12.7 Å². The minimum atomic E-state index is -0.258. The van der Waals surface area contributed by atoms with E-state index in [1.165, 1.54) is 6.07 Å². The monoisotopic (exact) mass is 273 g/mol. The van der Waals surface area contributed by atoms with Gasteiger partial charge in [0.2, 0.25) is 0 Å². The summed E-state index contributed by atoms with van der Waals surface area (Å²) in [5, 5.41) is 0. The molecule has 3 heteroatoms. The number of carbonyl (C=O) groups is 1. The van der Waals surface area contributed by atoms with Gasteiger partial charge in [-0.1, -0.05) is 44.2 Å². The molecule has 0 saturated heterocycles. The highest BCUT2D eigenvalue weighted by molar-refractivity contribution is 5.81. The maximum Gasteiger partial charge on any atom is 0.133 e. The Hall–Kier alpha value is -2.16. The molecule has 0 aromatic heterocycles. The van der Waals surface area contributed by atoms with E-state index in [0.29, 0.717) is 11.3 Å². The van der Waals surface area contributed by atoms with Crippen LogP contribution in [-0.2, 0) is 4.79 Å². The van der Waals surface area contributed by atoms with Crippen LogP contribution in [0.2, 0.25) is 0 Å². The van der Waals surface area contributed by atoms with Gasteiger partial charge in [-0.3, -0.25) is 0 Å². The molecule has 0 amide bonds. The van der Waals surface area contributed by atoms with Crippen LogP contribution in [0.25, 0.3) is 11.1 Å². The summed E-state index contributed by atoms with van der Waals surface area (Å²) < 4.78 is 14.1. The molecule has 20 heavy (non-hydrogen) atoms. The lowest BCUT2D eigenvalue weighted by Gasteiger charge is -2.16. The van der Waals surface area contributed by atoms with Crippen LogP contribution in [0.15, 0.2) is 36.4 Å². The Balaban J connectivity index is 0.000000956. The van der Waals surface area contributed by atoms with Crippen LogP contribution in [-0.4, -0.2) is 6.79 Å². The van der Waals surface area contributed by atoms with Gasteiger partial charge < -0.3 is 10.5 Å². The maximum absolute atomic E-state index is 14.1. The van der Waals surface area contributed by atoms with Gasteiger partial charge in [0.15, 0.2) is 0 Å². The lowest BCUT2D eigenvalue weighted by atomic mass is 9.92. The first-order valence-electron chi connectivity index (χ1n) is 6.45. The molecule has 0 saturated carbocycles. The molecule has 2 aromatic carbocycles. The molecule has 2 rings (SSSR count). The van der Waals surface area contributed by atoms with E-state index < -0.39 is 0 Å². The maximum atomic E-state index is 14.1. The molecule has 2 nitrogen and oxygen atoms in total. The van der Waals surface area contributed by atoms with Crippen molar-refractivity contribution in [3.63, 3.8) is 0 Å². The van der Waals surface area contributed by atoms with Crippen molar-refractivity contribution in [2.45, 2.75) is 26.7 Å². The molecule has 0 unspecified atom stereocenters. The van der Waals surface area contributed by atoms with Crippen LogP contribution >= 0.6 is 0 Å². The molecule has 0 aliphatic heterocycles.